The number of benzene rings is 1. The molecular formula is C13H22BNO3. The van der Waals surface area contributed by atoms with Gasteiger partial charge in [0.15, 0.2) is 0 Å². The first-order valence-electron chi connectivity index (χ1n) is 6.25. The van der Waals surface area contributed by atoms with Crippen molar-refractivity contribution in [1.29, 1.82) is 0 Å². The normalized spacial score (nSPS) is 11.1. The lowest BCUT2D eigenvalue weighted by Gasteiger charge is -2.20. The average molecular weight is 251 g/mol. The molecule has 1 rings (SSSR count). The van der Waals surface area contributed by atoms with E-state index < -0.39 is 7.12 Å². The van der Waals surface area contributed by atoms with E-state index in [-0.39, 0.29) is 18.0 Å². The number of aromatic hydroxyl groups is 1. The molecule has 0 spiro atoms. The lowest BCUT2D eigenvalue weighted by atomic mass is 9.78. The van der Waals surface area contributed by atoms with Crippen LogP contribution in [0, 0.1) is 0 Å². The Balaban J connectivity index is 2.93. The number of phenols is 1. The van der Waals surface area contributed by atoms with Gasteiger partial charge in [0, 0.05) is 19.3 Å². The standard InChI is InChI=1S/C13H22BNO3/c1-9(2)17-14(18-10(3)4)11-6-7-12(15-5)13(16)8-11/h6-10,15-16H,1-5H3. The van der Waals surface area contributed by atoms with Crippen LogP contribution in [0.3, 0.4) is 0 Å². The summed E-state index contributed by atoms with van der Waals surface area (Å²) in [6, 6.07) is 5.37. The van der Waals surface area contributed by atoms with Crippen molar-refractivity contribution in [3.8, 4) is 5.75 Å². The van der Waals surface area contributed by atoms with Gasteiger partial charge in [0.05, 0.1) is 5.69 Å². The van der Waals surface area contributed by atoms with E-state index in [0.717, 1.165) is 5.46 Å². The second-order valence-corrected chi connectivity index (χ2v) is 4.73. The maximum Gasteiger partial charge on any atom is 0.494 e. The largest absolute Gasteiger partial charge is 0.506 e. The van der Waals surface area contributed by atoms with Crippen LogP contribution in [0.2, 0.25) is 0 Å². The fourth-order valence-corrected chi connectivity index (χ4v) is 1.59. The van der Waals surface area contributed by atoms with E-state index in [1.807, 2.05) is 39.8 Å². The Kier molecular flexibility index (Phi) is 5.50. The molecule has 1 aromatic rings. The molecule has 1 aromatic carbocycles. The van der Waals surface area contributed by atoms with Gasteiger partial charge in [0.1, 0.15) is 5.75 Å². The Morgan fingerprint density at radius 1 is 1.11 bits per heavy atom. The second-order valence-electron chi connectivity index (χ2n) is 4.73. The molecule has 5 heteroatoms. The Bertz CT molecular complexity index is 372. The molecule has 0 fully saturated rings. The SMILES string of the molecule is CNc1ccc(B(OC(C)C)OC(C)C)cc1O. The van der Waals surface area contributed by atoms with Crippen molar-refractivity contribution in [3.05, 3.63) is 18.2 Å². The molecule has 0 aromatic heterocycles. The molecular weight excluding hydrogens is 229 g/mol. The summed E-state index contributed by atoms with van der Waals surface area (Å²) in [7, 11) is 1.31. The number of rotatable bonds is 6. The third kappa shape index (κ3) is 4.24. The molecule has 0 unspecified atom stereocenters. The summed E-state index contributed by atoms with van der Waals surface area (Å²) in [6.07, 6.45) is 0.111. The predicted molar refractivity (Wildman–Crippen MR) is 75.5 cm³/mol. The van der Waals surface area contributed by atoms with Crippen molar-refractivity contribution in [2.75, 3.05) is 12.4 Å². The molecule has 0 aliphatic heterocycles. The number of nitrogens with one attached hydrogen (secondary N) is 1. The Hall–Kier alpha value is -1.20. The smallest absolute Gasteiger partial charge is 0.494 e. The lowest BCUT2D eigenvalue weighted by molar-refractivity contribution is 0.139. The summed E-state index contributed by atoms with van der Waals surface area (Å²) in [5.41, 5.74) is 1.50. The quantitative estimate of drug-likeness (QED) is 0.599. The minimum absolute atomic E-state index is 0.0554. The summed E-state index contributed by atoms with van der Waals surface area (Å²) < 4.78 is 11.4. The van der Waals surface area contributed by atoms with Crippen molar-refractivity contribution in [2.45, 2.75) is 39.9 Å². The van der Waals surface area contributed by atoms with Crippen LogP contribution >= 0.6 is 0 Å². The van der Waals surface area contributed by atoms with Crippen LogP contribution < -0.4 is 10.8 Å². The zero-order chi connectivity index (χ0) is 13.7. The summed E-state index contributed by atoms with van der Waals surface area (Å²) >= 11 is 0. The maximum atomic E-state index is 9.83. The number of hydrogen-bond acceptors (Lipinski definition) is 4. The van der Waals surface area contributed by atoms with Crippen molar-refractivity contribution in [2.24, 2.45) is 0 Å². The fraction of sp³-hybridized carbons (Fsp3) is 0.538. The molecule has 0 bridgehead atoms. The van der Waals surface area contributed by atoms with Gasteiger partial charge >= 0.3 is 7.12 Å². The zero-order valence-corrected chi connectivity index (χ0v) is 11.7. The van der Waals surface area contributed by atoms with Gasteiger partial charge < -0.3 is 19.7 Å². The minimum atomic E-state index is -0.457. The summed E-state index contributed by atoms with van der Waals surface area (Å²) in [6.45, 7) is 7.83. The Morgan fingerprint density at radius 2 is 1.67 bits per heavy atom. The van der Waals surface area contributed by atoms with E-state index in [0.29, 0.717) is 5.69 Å². The van der Waals surface area contributed by atoms with Crippen LogP contribution in [0.25, 0.3) is 0 Å². The highest BCUT2D eigenvalue weighted by atomic mass is 16.6. The number of anilines is 1. The second kappa shape index (κ2) is 6.66. The van der Waals surface area contributed by atoms with Gasteiger partial charge in [-0.15, -0.1) is 0 Å². The first-order valence-corrected chi connectivity index (χ1v) is 6.25. The Morgan fingerprint density at radius 3 is 2.06 bits per heavy atom. The predicted octanol–water partition coefficient (Wildman–Crippen LogP) is 1.98. The van der Waals surface area contributed by atoms with Gasteiger partial charge in [-0.25, -0.2) is 0 Å². The van der Waals surface area contributed by atoms with Gasteiger partial charge in [0.2, 0.25) is 0 Å². The van der Waals surface area contributed by atoms with Crippen LogP contribution in [0.15, 0.2) is 18.2 Å². The monoisotopic (exact) mass is 251 g/mol. The fourth-order valence-electron chi connectivity index (χ4n) is 1.59. The minimum Gasteiger partial charge on any atom is -0.506 e. The number of hydrogen-bond donors (Lipinski definition) is 2. The van der Waals surface area contributed by atoms with Crippen molar-refractivity contribution in [1.82, 2.24) is 0 Å². The van der Waals surface area contributed by atoms with Gasteiger partial charge in [-0.2, -0.15) is 0 Å². The van der Waals surface area contributed by atoms with Gasteiger partial charge in [-0.3, -0.25) is 0 Å². The highest BCUT2D eigenvalue weighted by Crippen LogP contribution is 2.20. The molecule has 4 nitrogen and oxygen atoms in total. The van der Waals surface area contributed by atoms with Gasteiger partial charge in [-0.05, 0) is 45.3 Å². The summed E-state index contributed by atoms with van der Waals surface area (Å²) in [4.78, 5) is 0. The van der Waals surface area contributed by atoms with E-state index >= 15 is 0 Å². The number of phenolic OH excluding ortho intramolecular Hbond substituents is 1. The molecule has 18 heavy (non-hydrogen) atoms. The molecule has 2 N–H and O–H groups in total. The highest BCUT2D eigenvalue weighted by Gasteiger charge is 2.24. The molecule has 0 aliphatic rings. The molecule has 0 heterocycles. The van der Waals surface area contributed by atoms with Gasteiger partial charge in [0.25, 0.3) is 0 Å². The third-order valence-corrected chi connectivity index (χ3v) is 2.35. The van der Waals surface area contributed by atoms with Crippen molar-refractivity contribution in [3.63, 3.8) is 0 Å². The molecule has 0 atom stereocenters. The topological polar surface area (TPSA) is 50.7 Å². The molecule has 0 radical (unpaired) electrons. The van der Waals surface area contributed by atoms with Crippen molar-refractivity contribution >= 4 is 18.3 Å². The molecule has 0 saturated carbocycles. The van der Waals surface area contributed by atoms with Crippen molar-refractivity contribution < 1.29 is 14.4 Å². The van der Waals surface area contributed by atoms with Gasteiger partial charge in [-0.1, -0.05) is 6.07 Å². The zero-order valence-electron chi connectivity index (χ0n) is 11.7. The van der Waals surface area contributed by atoms with Crippen LogP contribution in [0.4, 0.5) is 5.69 Å². The van der Waals surface area contributed by atoms with Crippen LogP contribution in [-0.4, -0.2) is 31.5 Å². The van der Waals surface area contributed by atoms with Crippen LogP contribution in [-0.2, 0) is 9.31 Å². The first kappa shape index (κ1) is 14.9. The third-order valence-electron chi connectivity index (χ3n) is 2.35. The average Bonchev–Trinajstić information content (AvgIpc) is 2.26. The molecule has 0 amide bonds. The van der Waals surface area contributed by atoms with E-state index in [4.69, 9.17) is 9.31 Å². The summed E-state index contributed by atoms with van der Waals surface area (Å²) in [5.74, 6) is 0.194. The first-order chi connectivity index (χ1) is 8.43. The molecule has 100 valence electrons. The van der Waals surface area contributed by atoms with E-state index in [2.05, 4.69) is 5.32 Å². The highest BCUT2D eigenvalue weighted by molar-refractivity contribution is 6.61. The van der Waals surface area contributed by atoms with Crippen LogP contribution in [0.5, 0.6) is 5.75 Å². The molecule has 0 aliphatic carbocycles. The van der Waals surface area contributed by atoms with E-state index in [1.165, 1.54) is 0 Å². The summed E-state index contributed by atoms with van der Waals surface area (Å²) in [5, 5.41) is 12.7. The van der Waals surface area contributed by atoms with Crippen LogP contribution in [0.1, 0.15) is 27.7 Å². The lowest BCUT2D eigenvalue weighted by Crippen LogP contribution is -2.40. The van der Waals surface area contributed by atoms with E-state index in [9.17, 15) is 5.11 Å². The maximum absolute atomic E-state index is 9.83. The van der Waals surface area contributed by atoms with E-state index in [1.54, 1.807) is 13.1 Å². The Labute approximate surface area is 109 Å². The molecule has 0 saturated heterocycles.